The standard InChI is InChI=1S/C8H13F3N2O2/c1-13(5-8(9,10)11)7(2-6(14)15)3-12-4-7/h12H,2-5H2,1H3,(H,14,15). The Labute approximate surface area is 85.1 Å². The van der Waals surface area contributed by atoms with Crippen molar-refractivity contribution in [2.75, 3.05) is 26.7 Å². The van der Waals surface area contributed by atoms with Crippen LogP contribution in [0.1, 0.15) is 6.42 Å². The van der Waals surface area contributed by atoms with E-state index in [0.717, 1.165) is 4.90 Å². The summed E-state index contributed by atoms with van der Waals surface area (Å²) in [4.78, 5) is 11.6. The molecule has 0 aromatic carbocycles. The average Bonchev–Trinajstić information content (AvgIpc) is 1.92. The first-order chi connectivity index (χ1) is 6.75. The molecule has 15 heavy (non-hydrogen) atoms. The van der Waals surface area contributed by atoms with Gasteiger partial charge in [-0.25, -0.2) is 0 Å². The van der Waals surface area contributed by atoms with Gasteiger partial charge in [-0.05, 0) is 7.05 Å². The smallest absolute Gasteiger partial charge is 0.401 e. The van der Waals surface area contributed by atoms with Crippen molar-refractivity contribution in [1.82, 2.24) is 10.2 Å². The molecule has 1 rings (SSSR count). The van der Waals surface area contributed by atoms with E-state index in [4.69, 9.17) is 5.11 Å². The molecular weight excluding hydrogens is 213 g/mol. The molecule has 0 aromatic heterocycles. The van der Waals surface area contributed by atoms with Crippen molar-refractivity contribution in [1.29, 1.82) is 0 Å². The van der Waals surface area contributed by atoms with E-state index in [0.29, 0.717) is 0 Å². The summed E-state index contributed by atoms with van der Waals surface area (Å²) in [5.41, 5.74) is -0.888. The molecule has 7 heteroatoms. The first-order valence-corrected chi connectivity index (χ1v) is 4.46. The number of alkyl halides is 3. The Bertz CT molecular complexity index is 251. The van der Waals surface area contributed by atoms with E-state index in [1.807, 2.05) is 0 Å². The van der Waals surface area contributed by atoms with Gasteiger partial charge in [0, 0.05) is 13.1 Å². The minimum absolute atomic E-state index is 0.271. The number of carboxylic acids is 1. The van der Waals surface area contributed by atoms with Crippen LogP contribution in [0.5, 0.6) is 0 Å². The summed E-state index contributed by atoms with van der Waals surface area (Å²) in [6.07, 6.45) is -4.57. The van der Waals surface area contributed by atoms with Gasteiger partial charge in [0.25, 0.3) is 0 Å². The number of hydrogen-bond acceptors (Lipinski definition) is 3. The van der Waals surface area contributed by atoms with E-state index < -0.39 is 24.2 Å². The van der Waals surface area contributed by atoms with Gasteiger partial charge in [0.2, 0.25) is 0 Å². The summed E-state index contributed by atoms with van der Waals surface area (Å²) in [6, 6.07) is 0. The summed E-state index contributed by atoms with van der Waals surface area (Å²) in [7, 11) is 1.30. The summed E-state index contributed by atoms with van der Waals surface area (Å²) >= 11 is 0. The molecule has 0 amide bonds. The zero-order valence-electron chi connectivity index (χ0n) is 8.26. The van der Waals surface area contributed by atoms with Crippen LogP contribution in [0.2, 0.25) is 0 Å². The fraction of sp³-hybridized carbons (Fsp3) is 0.875. The van der Waals surface area contributed by atoms with Crippen LogP contribution in [0, 0.1) is 0 Å². The lowest BCUT2D eigenvalue weighted by atomic mass is 9.87. The topological polar surface area (TPSA) is 52.6 Å². The summed E-state index contributed by atoms with van der Waals surface area (Å²) < 4.78 is 36.4. The van der Waals surface area contributed by atoms with E-state index in [2.05, 4.69) is 5.32 Å². The molecular formula is C8H13F3N2O2. The van der Waals surface area contributed by atoms with Gasteiger partial charge in [-0.3, -0.25) is 9.69 Å². The van der Waals surface area contributed by atoms with Gasteiger partial charge < -0.3 is 10.4 Å². The predicted molar refractivity (Wildman–Crippen MR) is 46.5 cm³/mol. The maximum absolute atomic E-state index is 12.1. The molecule has 4 nitrogen and oxygen atoms in total. The van der Waals surface area contributed by atoms with Crippen molar-refractivity contribution in [3.63, 3.8) is 0 Å². The molecule has 0 atom stereocenters. The average molecular weight is 226 g/mol. The van der Waals surface area contributed by atoms with E-state index in [1.54, 1.807) is 0 Å². The Kier molecular flexibility index (Phi) is 3.25. The van der Waals surface area contributed by atoms with Crippen LogP contribution in [-0.2, 0) is 4.79 Å². The van der Waals surface area contributed by atoms with Gasteiger partial charge in [-0.1, -0.05) is 0 Å². The molecule has 1 aliphatic rings. The van der Waals surface area contributed by atoms with Crippen molar-refractivity contribution in [3.05, 3.63) is 0 Å². The lowest BCUT2D eigenvalue weighted by Crippen LogP contribution is -2.69. The highest BCUT2D eigenvalue weighted by molar-refractivity contribution is 5.68. The van der Waals surface area contributed by atoms with Gasteiger partial charge in [0.05, 0.1) is 18.5 Å². The van der Waals surface area contributed by atoms with Gasteiger partial charge >= 0.3 is 12.1 Å². The number of carbonyl (C=O) groups is 1. The summed E-state index contributed by atoms with van der Waals surface area (Å²) in [6.45, 7) is -0.514. The molecule has 0 bridgehead atoms. The lowest BCUT2D eigenvalue weighted by Gasteiger charge is -2.48. The van der Waals surface area contributed by atoms with Gasteiger partial charge in [-0.15, -0.1) is 0 Å². The van der Waals surface area contributed by atoms with Crippen molar-refractivity contribution in [2.45, 2.75) is 18.1 Å². The first-order valence-electron chi connectivity index (χ1n) is 4.46. The molecule has 0 spiro atoms. The Morgan fingerprint density at radius 1 is 1.53 bits per heavy atom. The molecule has 0 radical (unpaired) electrons. The van der Waals surface area contributed by atoms with Gasteiger partial charge in [0.15, 0.2) is 0 Å². The maximum atomic E-state index is 12.1. The molecule has 1 aliphatic heterocycles. The summed E-state index contributed by atoms with van der Waals surface area (Å²) in [5.74, 6) is -1.08. The van der Waals surface area contributed by atoms with Gasteiger partial charge in [0.1, 0.15) is 0 Å². The Morgan fingerprint density at radius 2 is 2.07 bits per heavy atom. The minimum atomic E-state index is -4.30. The monoisotopic (exact) mass is 226 g/mol. The number of carboxylic acid groups (broad SMARTS) is 1. The van der Waals surface area contributed by atoms with E-state index in [1.165, 1.54) is 7.05 Å². The van der Waals surface area contributed by atoms with Crippen LogP contribution in [0.15, 0.2) is 0 Å². The third-order valence-electron chi connectivity index (χ3n) is 2.61. The molecule has 2 N–H and O–H groups in total. The van der Waals surface area contributed by atoms with Crippen molar-refractivity contribution in [2.24, 2.45) is 0 Å². The molecule has 88 valence electrons. The molecule has 0 saturated carbocycles. The van der Waals surface area contributed by atoms with Crippen LogP contribution in [0.4, 0.5) is 13.2 Å². The Hall–Kier alpha value is -0.820. The SMILES string of the molecule is CN(CC(F)(F)F)C1(CC(=O)O)CNC1. The van der Waals surface area contributed by atoms with Crippen molar-refractivity contribution in [3.8, 4) is 0 Å². The Balaban J connectivity index is 2.61. The molecule has 1 fully saturated rings. The quantitative estimate of drug-likeness (QED) is 0.723. The zero-order chi connectivity index (χ0) is 11.7. The number of likely N-dealkylation sites (N-methyl/N-ethyl adjacent to an activating group) is 1. The third kappa shape index (κ3) is 3.07. The normalized spacial score (nSPS) is 20.1. The fourth-order valence-corrected chi connectivity index (χ4v) is 1.66. The molecule has 0 unspecified atom stereocenters. The predicted octanol–water partition coefficient (Wildman–Crippen LogP) is 0.297. The zero-order valence-corrected chi connectivity index (χ0v) is 8.26. The van der Waals surface area contributed by atoms with E-state index >= 15 is 0 Å². The highest BCUT2D eigenvalue weighted by Crippen LogP contribution is 2.27. The number of nitrogens with one attached hydrogen (secondary N) is 1. The van der Waals surface area contributed by atoms with E-state index in [-0.39, 0.29) is 19.5 Å². The van der Waals surface area contributed by atoms with Crippen LogP contribution in [0.25, 0.3) is 0 Å². The second-order valence-electron chi connectivity index (χ2n) is 3.87. The number of halogens is 3. The van der Waals surface area contributed by atoms with Crippen LogP contribution in [-0.4, -0.2) is 54.4 Å². The molecule has 1 saturated heterocycles. The molecule has 0 aromatic rings. The van der Waals surface area contributed by atoms with Gasteiger partial charge in [-0.2, -0.15) is 13.2 Å². The minimum Gasteiger partial charge on any atom is -0.481 e. The highest BCUT2D eigenvalue weighted by atomic mass is 19.4. The number of nitrogens with zero attached hydrogens (tertiary/aromatic N) is 1. The second kappa shape index (κ2) is 3.97. The maximum Gasteiger partial charge on any atom is 0.401 e. The third-order valence-corrected chi connectivity index (χ3v) is 2.61. The number of rotatable bonds is 4. The molecule has 1 heterocycles. The van der Waals surface area contributed by atoms with Crippen molar-refractivity contribution < 1.29 is 23.1 Å². The highest BCUT2D eigenvalue weighted by Gasteiger charge is 2.46. The number of hydrogen-bond donors (Lipinski definition) is 2. The largest absolute Gasteiger partial charge is 0.481 e. The number of aliphatic carboxylic acids is 1. The lowest BCUT2D eigenvalue weighted by molar-refractivity contribution is -0.165. The van der Waals surface area contributed by atoms with E-state index in [9.17, 15) is 18.0 Å². The van der Waals surface area contributed by atoms with Crippen LogP contribution < -0.4 is 5.32 Å². The fourth-order valence-electron chi connectivity index (χ4n) is 1.66. The second-order valence-corrected chi connectivity index (χ2v) is 3.87. The molecule has 0 aliphatic carbocycles. The summed E-state index contributed by atoms with van der Waals surface area (Å²) in [5, 5.41) is 11.4. The first kappa shape index (κ1) is 12.3. The Morgan fingerprint density at radius 3 is 2.33 bits per heavy atom. The van der Waals surface area contributed by atoms with Crippen molar-refractivity contribution >= 4 is 5.97 Å². The van der Waals surface area contributed by atoms with Crippen LogP contribution >= 0.6 is 0 Å². The van der Waals surface area contributed by atoms with Crippen LogP contribution in [0.3, 0.4) is 0 Å².